The molecule has 1 aliphatic carbocycles. The van der Waals surface area contributed by atoms with Crippen LogP contribution < -0.4 is 0 Å². The van der Waals surface area contributed by atoms with Gasteiger partial charge in [0.1, 0.15) is 5.82 Å². The molecule has 1 saturated carbocycles. The van der Waals surface area contributed by atoms with Crippen LogP contribution in [-0.2, 0) is 4.74 Å². The Morgan fingerprint density at radius 2 is 2.05 bits per heavy atom. The fourth-order valence-corrected chi connectivity index (χ4v) is 4.06. The molecule has 0 radical (unpaired) electrons. The number of ketones is 1. The minimum absolute atomic E-state index is 0.00853. The highest BCUT2D eigenvalue weighted by Gasteiger charge is 2.40. The number of carbonyl (C=O) groups excluding carboxylic acids is 1. The van der Waals surface area contributed by atoms with Gasteiger partial charge < -0.3 is 4.74 Å². The average Bonchev–Trinajstić information content (AvgIpc) is 2.50. The third-order valence-electron chi connectivity index (χ3n) is 4.83. The van der Waals surface area contributed by atoms with Gasteiger partial charge in [0.05, 0.1) is 10.1 Å². The van der Waals surface area contributed by atoms with Crippen LogP contribution in [0.1, 0.15) is 55.3 Å². The molecule has 0 bridgehead atoms. The molecule has 4 heteroatoms. The minimum atomic E-state index is -0.331. The SMILES string of the molecule is O=C(c1ccc(F)c(Br)c1)C1CCOC2(CCCCC2)C1. The number of hydrogen-bond acceptors (Lipinski definition) is 2. The number of ether oxygens (including phenoxy) is 1. The number of halogens is 2. The maximum absolute atomic E-state index is 13.3. The van der Waals surface area contributed by atoms with Crippen LogP contribution in [0, 0.1) is 11.7 Å². The topological polar surface area (TPSA) is 26.3 Å². The van der Waals surface area contributed by atoms with Crippen molar-refractivity contribution in [2.24, 2.45) is 5.92 Å². The van der Waals surface area contributed by atoms with E-state index in [0.29, 0.717) is 16.6 Å². The molecule has 2 aliphatic rings. The Morgan fingerprint density at radius 1 is 1.29 bits per heavy atom. The number of rotatable bonds is 2. The van der Waals surface area contributed by atoms with Gasteiger partial charge in [0.25, 0.3) is 0 Å². The molecule has 1 heterocycles. The number of hydrogen-bond donors (Lipinski definition) is 0. The predicted molar refractivity (Wildman–Crippen MR) is 82.9 cm³/mol. The molecule has 2 nitrogen and oxygen atoms in total. The molecule has 114 valence electrons. The quantitative estimate of drug-likeness (QED) is 0.706. The summed E-state index contributed by atoms with van der Waals surface area (Å²) >= 11 is 3.16. The van der Waals surface area contributed by atoms with E-state index in [1.54, 1.807) is 12.1 Å². The lowest BCUT2D eigenvalue weighted by Gasteiger charge is -2.43. The Morgan fingerprint density at radius 3 is 2.76 bits per heavy atom. The van der Waals surface area contributed by atoms with Crippen LogP contribution in [0.5, 0.6) is 0 Å². The first kappa shape index (κ1) is 15.2. The van der Waals surface area contributed by atoms with Crippen molar-refractivity contribution in [3.63, 3.8) is 0 Å². The van der Waals surface area contributed by atoms with Gasteiger partial charge in [0, 0.05) is 18.1 Å². The standard InChI is InChI=1S/C17H20BrFO2/c18-14-10-12(4-5-15(14)19)16(20)13-6-9-21-17(11-13)7-2-1-3-8-17/h4-5,10,13H,1-3,6-9,11H2. The van der Waals surface area contributed by atoms with Crippen LogP contribution in [0.4, 0.5) is 4.39 Å². The van der Waals surface area contributed by atoms with Gasteiger partial charge in [0.15, 0.2) is 5.78 Å². The van der Waals surface area contributed by atoms with E-state index in [0.717, 1.165) is 25.7 Å². The highest BCUT2D eigenvalue weighted by Crippen LogP contribution is 2.41. The summed E-state index contributed by atoms with van der Waals surface area (Å²) in [5.41, 5.74) is 0.523. The van der Waals surface area contributed by atoms with Crippen molar-refractivity contribution in [3.05, 3.63) is 34.1 Å². The van der Waals surface area contributed by atoms with Gasteiger partial charge in [-0.05, 0) is 59.8 Å². The zero-order valence-corrected chi connectivity index (χ0v) is 13.6. The Kier molecular flexibility index (Phi) is 4.46. The fourth-order valence-electron chi connectivity index (χ4n) is 3.68. The molecule has 3 rings (SSSR count). The van der Waals surface area contributed by atoms with Crippen molar-refractivity contribution in [2.45, 2.75) is 50.5 Å². The highest BCUT2D eigenvalue weighted by molar-refractivity contribution is 9.10. The maximum atomic E-state index is 13.3. The summed E-state index contributed by atoms with van der Waals surface area (Å²) in [7, 11) is 0. The van der Waals surface area contributed by atoms with E-state index in [2.05, 4.69) is 15.9 Å². The number of carbonyl (C=O) groups is 1. The van der Waals surface area contributed by atoms with Crippen LogP contribution in [0.3, 0.4) is 0 Å². The highest BCUT2D eigenvalue weighted by atomic mass is 79.9. The Balaban J connectivity index is 1.76. The molecule has 2 fully saturated rings. The average molecular weight is 355 g/mol. The van der Waals surface area contributed by atoms with Crippen LogP contribution in [0.2, 0.25) is 0 Å². The summed E-state index contributed by atoms with van der Waals surface area (Å²) in [6.45, 7) is 0.665. The molecule has 1 aliphatic heterocycles. The summed E-state index contributed by atoms with van der Waals surface area (Å²) in [6, 6.07) is 4.54. The summed E-state index contributed by atoms with van der Waals surface area (Å²) in [5.74, 6) is -0.194. The lowest BCUT2D eigenvalue weighted by molar-refractivity contribution is -0.111. The van der Waals surface area contributed by atoms with Gasteiger partial charge in [-0.25, -0.2) is 4.39 Å². The molecule has 1 atom stereocenters. The third kappa shape index (κ3) is 3.21. The summed E-state index contributed by atoms with van der Waals surface area (Å²) < 4.78 is 19.7. The zero-order chi connectivity index (χ0) is 14.9. The van der Waals surface area contributed by atoms with Crippen molar-refractivity contribution in [2.75, 3.05) is 6.61 Å². The molecule has 1 saturated heterocycles. The lowest BCUT2D eigenvalue weighted by atomic mass is 9.74. The first-order valence-electron chi connectivity index (χ1n) is 7.73. The van der Waals surface area contributed by atoms with Gasteiger partial charge in [0.2, 0.25) is 0 Å². The van der Waals surface area contributed by atoms with Crippen molar-refractivity contribution in [1.82, 2.24) is 0 Å². The second-order valence-electron chi connectivity index (χ2n) is 6.27. The number of Topliss-reactive ketones (excluding diaryl/α,β-unsaturated/α-hetero) is 1. The van der Waals surface area contributed by atoms with E-state index in [1.165, 1.54) is 25.3 Å². The van der Waals surface area contributed by atoms with Crippen molar-refractivity contribution < 1.29 is 13.9 Å². The van der Waals surface area contributed by atoms with Gasteiger partial charge in [-0.2, -0.15) is 0 Å². The molecule has 1 unspecified atom stereocenters. The monoisotopic (exact) mass is 354 g/mol. The first-order chi connectivity index (χ1) is 10.1. The molecular weight excluding hydrogens is 335 g/mol. The molecule has 1 aromatic rings. The van der Waals surface area contributed by atoms with Crippen LogP contribution in [0.15, 0.2) is 22.7 Å². The second-order valence-corrected chi connectivity index (χ2v) is 7.13. The Labute approximate surface area is 133 Å². The van der Waals surface area contributed by atoms with E-state index in [4.69, 9.17) is 4.74 Å². The van der Waals surface area contributed by atoms with E-state index in [1.807, 2.05) is 0 Å². The fraction of sp³-hybridized carbons (Fsp3) is 0.588. The molecule has 1 spiro atoms. The number of benzene rings is 1. The van der Waals surface area contributed by atoms with Gasteiger partial charge >= 0.3 is 0 Å². The molecule has 0 N–H and O–H groups in total. The van der Waals surface area contributed by atoms with Crippen molar-refractivity contribution in [1.29, 1.82) is 0 Å². The Bertz CT molecular complexity index is 532. The van der Waals surface area contributed by atoms with Crippen LogP contribution in [-0.4, -0.2) is 18.0 Å². The van der Waals surface area contributed by atoms with Gasteiger partial charge in [-0.3, -0.25) is 4.79 Å². The zero-order valence-electron chi connectivity index (χ0n) is 12.0. The van der Waals surface area contributed by atoms with E-state index < -0.39 is 0 Å². The van der Waals surface area contributed by atoms with Crippen LogP contribution >= 0.6 is 15.9 Å². The van der Waals surface area contributed by atoms with Crippen molar-refractivity contribution in [3.8, 4) is 0 Å². The second kappa shape index (κ2) is 6.17. The maximum Gasteiger partial charge on any atom is 0.166 e. The van der Waals surface area contributed by atoms with Crippen LogP contribution in [0.25, 0.3) is 0 Å². The molecule has 0 amide bonds. The first-order valence-corrected chi connectivity index (χ1v) is 8.52. The van der Waals surface area contributed by atoms with Crippen molar-refractivity contribution >= 4 is 21.7 Å². The summed E-state index contributed by atoms with van der Waals surface area (Å²) in [6.07, 6.45) is 7.41. The smallest absolute Gasteiger partial charge is 0.166 e. The molecule has 1 aromatic carbocycles. The molecular formula is C17H20BrFO2. The third-order valence-corrected chi connectivity index (χ3v) is 5.44. The van der Waals surface area contributed by atoms with Gasteiger partial charge in [-0.1, -0.05) is 19.3 Å². The van der Waals surface area contributed by atoms with Gasteiger partial charge in [-0.15, -0.1) is 0 Å². The molecule has 21 heavy (non-hydrogen) atoms. The minimum Gasteiger partial charge on any atom is -0.375 e. The lowest BCUT2D eigenvalue weighted by Crippen LogP contribution is -2.43. The van der Waals surface area contributed by atoms with E-state index in [9.17, 15) is 9.18 Å². The predicted octanol–water partition coefficient (Wildman–Crippen LogP) is 4.90. The normalized spacial score (nSPS) is 25.0. The van der Waals surface area contributed by atoms with E-state index in [-0.39, 0.29) is 23.1 Å². The largest absolute Gasteiger partial charge is 0.375 e. The van der Waals surface area contributed by atoms with E-state index >= 15 is 0 Å². The summed E-state index contributed by atoms with van der Waals surface area (Å²) in [4.78, 5) is 12.7. The molecule has 0 aromatic heterocycles. The Hall–Kier alpha value is -0.740. The summed E-state index contributed by atoms with van der Waals surface area (Å²) in [5, 5.41) is 0.